The minimum absolute atomic E-state index is 0.221. The second kappa shape index (κ2) is 5.97. The van der Waals surface area contributed by atoms with Crippen LogP contribution in [0, 0.1) is 18.3 Å². The molecule has 0 saturated carbocycles. The Labute approximate surface area is 129 Å². The number of H-pyrrole nitrogens is 1. The number of hydrogen-bond donors (Lipinski definition) is 2. The summed E-state index contributed by atoms with van der Waals surface area (Å²) in [5, 5.41) is 9.90. The van der Waals surface area contributed by atoms with Crippen LogP contribution in [-0.2, 0) is 6.42 Å². The highest BCUT2D eigenvalue weighted by Gasteiger charge is 2.21. The Bertz CT molecular complexity index is 624. The molecule has 0 radical (unpaired) electrons. The number of carbonyl (C=O) groups is 1. The van der Waals surface area contributed by atoms with E-state index < -0.39 is 0 Å². The summed E-state index contributed by atoms with van der Waals surface area (Å²) in [5.74, 6) is 0.839. The third-order valence-electron chi connectivity index (χ3n) is 3.74. The lowest BCUT2D eigenvalue weighted by Crippen LogP contribution is -2.19. The molecular weight excluding hydrogens is 284 g/mol. The van der Waals surface area contributed by atoms with Crippen LogP contribution in [0.4, 0.5) is 5.82 Å². The molecule has 2 aromatic rings. The van der Waals surface area contributed by atoms with E-state index >= 15 is 0 Å². The molecule has 0 bridgehead atoms. The van der Waals surface area contributed by atoms with Crippen molar-refractivity contribution in [2.75, 3.05) is 5.32 Å². The van der Waals surface area contributed by atoms with Crippen molar-refractivity contribution in [3.63, 3.8) is 0 Å². The van der Waals surface area contributed by atoms with E-state index in [2.05, 4.69) is 47.6 Å². The molecule has 0 aromatic carbocycles. The van der Waals surface area contributed by atoms with Gasteiger partial charge in [0.05, 0.1) is 0 Å². The highest BCUT2D eigenvalue weighted by molar-refractivity contribution is 7.05. The van der Waals surface area contributed by atoms with Gasteiger partial charge in [0.1, 0.15) is 5.69 Å². The highest BCUT2D eigenvalue weighted by atomic mass is 32.1. The zero-order valence-corrected chi connectivity index (χ0v) is 14.0. The van der Waals surface area contributed by atoms with Crippen LogP contribution in [0.25, 0.3) is 0 Å². The zero-order valence-electron chi connectivity index (χ0n) is 13.2. The number of nitrogens with zero attached hydrogens (tertiary/aromatic N) is 2. The second-order valence-electron chi connectivity index (χ2n) is 6.53. The van der Waals surface area contributed by atoms with Crippen molar-refractivity contribution in [2.24, 2.45) is 11.3 Å². The van der Waals surface area contributed by atoms with E-state index in [4.69, 9.17) is 0 Å². The maximum Gasteiger partial charge on any atom is 0.276 e. The van der Waals surface area contributed by atoms with Crippen LogP contribution >= 0.6 is 11.5 Å². The van der Waals surface area contributed by atoms with E-state index in [9.17, 15) is 4.79 Å². The number of amides is 1. The van der Waals surface area contributed by atoms with Gasteiger partial charge in [0, 0.05) is 16.6 Å². The molecule has 2 aromatic heterocycles. The first-order valence-electron chi connectivity index (χ1n) is 7.04. The predicted molar refractivity (Wildman–Crippen MR) is 85.7 cm³/mol. The maximum absolute atomic E-state index is 12.0. The Balaban J connectivity index is 1.99. The molecule has 0 spiro atoms. The van der Waals surface area contributed by atoms with Gasteiger partial charge < -0.3 is 5.32 Å². The number of hydrogen-bond acceptors (Lipinski definition) is 4. The third kappa shape index (κ3) is 4.14. The number of aromatic amines is 1. The molecule has 1 atom stereocenters. The summed E-state index contributed by atoms with van der Waals surface area (Å²) in [6.07, 6.45) is 0.905. The molecule has 2 rings (SSSR count). The maximum atomic E-state index is 12.0. The summed E-state index contributed by atoms with van der Waals surface area (Å²) in [4.78, 5) is 13.0. The average Bonchev–Trinajstić information content (AvgIpc) is 2.97. The minimum Gasteiger partial charge on any atom is -0.304 e. The van der Waals surface area contributed by atoms with Gasteiger partial charge in [0.25, 0.3) is 5.91 Å². The highest BCUT2D eigenvalue weighted by Crippen LogP contribution is 2.28. The van der Waals surface area contributed by atoms with Gasteiger partial charge in [0.2, 0.25) is 0 Å². The van der Waals surface area contributed by atoms with Crippen LogP contribution in [0.2, 0.25) is 0 Å². The van der Waals surface area contributed by atoms with Gasteiger partial charge in [-0.1, -0.05) is 27.7 Å². The molecule has 0 aliphatic carbocycles. The molecule has 0 aliphatic rings. The van der Waals surface area contributed by atoms with E-state index in [0.717, 1.165) is 17.0 Å². The van der Waals surface area contributed by atoms with Gasteiger partial charge >= 0.3 is 0 Å². The van der Waals surface area contributed by atoms with E-state index in [-0.39, 0.29) is 11.3 Å². The fraction of sp³-hybridized carbons (Fsp3) is 0.533. The lowest BCUT2D eigenvalue weighted by atomic mass is 9.79. The Morgan fingerprint density at radius 3 is 2.71 bits per heavy atom. The first kappa shape index (κ1) is 15.7. The van der Waals surface area contributed by atoms with Crippen molar-refractivity contribution in [1.82, 2.24) is 14.6 Å². The van der Waals surface area contributed by atoms with Crippen LogP contribution in [-0.4, -0.2) is 20.5 Å². The normalized spacial score (nSPS) is 13.2. The Morgan fingerprint density at radius 2 is 2.14 bits per heavy atom. The van der Waals surface area contributed by atoms with Crippen LogP contribution in [0.1, 0.15) is 48.8 Å². The van der Waals surface area contributed by atoms with Crippen molar-refractivity contribution >= 4 is 23.3 Å². The Kier molecular flexibility index (Phi) is 4.46. The van der Waals surface area contributed by atoms with Crippen LogP contribution in [0.5, 0.6) is 0 Å². The molecule has 2 N–H and O–H groups in total. The second-order valence-corrected chi connectivity index (χ2v) is 7.54. The standard InChI is InChI=1S/C15H22N4OS/c1-9(15(3,4)5)6-11-8-13(18-17-11)16-14(20)12-7-10(2)21-19-12/h7-9H,6H2,1-5H3,(H2,16,17,18,20)/t9-/m0/s1. The van der Waals surface area contributed by atoms with Crippen LogP contribution in [0.15, 0.2) is 12.1 Å². The quantitative estimate of drug-likeness (QED) is 0.905. The van der Waals surface area contributed by atoms with Gasteiger partial charge in [-0.25, -0.2) is 0 Å². The van der Waals surface area contributed by atoms with Crippen molar-refractivity contribution in [2.45, 2.75) is 41.0 Å². The zero-order chi connectivity index (χ0) is 15.6. The van der Waals surface area contributed by atoms with E-state index in [1.807, 2.05) is 13.0 Å². The predicted octanol–water partition coefficient (Wildman–Crippen LogP) is 3.65. The number of aromatic nitrogens is 3. The van der Waals surface area contributed by atoms with E-state index in [1.54, 1.807) is 6.07 Å². The smallest absolute Gasteiger partial charge is 0.276 e. The molecular formula is C15H22N4OS. The lowest BCUT2D eigenvalue weighted by molar-refractivity contribution is 0.102. The molecule has 0 saturated heterocycles. The minimum atomic E-state index is -0.221. The van der Waals surface area contributed by atoms with Crippen LogP contribution < -0.4 is 5.32 Å². The van der Waals surface area contributed by atoms with Crippen molar-refractivity contribution in [1.29, 1.82) is 0 Å². The summed E-state index contributed by atoms with van der Waals surface area (Å²) < 4.78 is 4.09. The number of aryl methyl sites for hydroxylation is 1. The summed E-state index contributed by atoms with van der Waals surface area (Å²) in [5.41, 5.74) is 1.71. The Hall–Kier alpha value is -1.69. The summed E-state index contributed by atoms with van der Waals surface area (Å²) in [7, 11) is 0. The molecule has 5 nitrogen and oxygen atoms in total. The molecule has 21 heavy (non-hydrogen) atoms. The molecule has 114 valence electrons. The summed E-state index contributed by atoms with van der Waals surface area (Å²) in [6.45, 7) is 10.8. The van der Waals surface area contributed by atoms with E-state index in [0.29, 0.717) is 17.4 Å². The fourth-order valence-corrected chi connectivity index (χ4v) is 2.36. The van der Waals surface area contributed by atoms with Crippen molar-refractivity contribution in [3.8, 4) is 0 Å². The average molecular weight is 306 g/mol. The lowest BCUT2D eigenvalue weighted by Gasteiger charge is -2.26. The van der Waals surface area contributed by atoms with Crippen LogP contribution in [0.3, 0.4) is 0 Å². The molecule has 0 unspecified atom stereocenters. The number of nitrogens with one attached hydrogen (secondary N) is 2. The molecule has 1 amide bonds. The topological polar surface area (TPSA) is 70.7 Å². The molecule has 0 aliphatic heterocycles. The van der Waals surface area contributed by atoms with Gasteiger partial charge in [-0.05, 0) is 42.3 Å². The largest absolute Gasteiger partial charge is 0.304 e. The first-order valence-corrected chi connectivity index (χ1v) is 7.82. The summed E-state index contributed by atoms with van der Waals surface area (Å²) >= 11 is 1.32. The third-order valence-corrected chi connectivity index (χ3v) is 4.43. The van der Waals surface area contributed by atoms with E-state index in [1.165, 1.54) is 11.5 Å². The van der Waals surface area contributed by atoms with Gasteiger partial charge in [0.15, 0.2) is 5.82 Å². The van der Waals surface area contributed by atoms with Gasteiger partial charge in [-0.2, -0.15) is 9.47 Å². The number of anilines is 1. The van der Waals surface area contributed by atoms with Crippen molar-refractivity contribution < 1.29 is 4.79 Å². The summed E-state index contributed by atoms with van der Waals surface area (Å²) in [6, 6.07) is 3.66. The SMILES string of the molecule is Cc1cc(C(=O)Nc2cc(C[C@H](C)C(C)(C)C)[nH]n2)ns1. The molecule has 0 fully saturated rings. The first-order chi connectivity index (χ1) is 9.75. The monoisotopic (exact) mass is 306 g/mol. The fourth-order valence-electron chi connectivity index (χ4n) is 1.82. The van der Waals surface area contributed by atoms with Crippen molar-refractivity contribution in [3.05, 3.63) is 28.4 Å². The van der Waals surface area contributed by atoms with Gasteiger partial charge in [-0.15, -0.1) is 0 Å². The Morgan fingerprint density at radius 1 is 1.43 bits per heavy atom. The number of rotatable bonds is 4. The number of carbonyl (C=O) groups excluding carboxylic acids is 1. The molecule has 6 heteroatoms. The van der Waals surface area contributed by atoms with Gasteiger partial charge in [-0.3, -0.25) is 9.89 Å². The molecule has 2 heterocycles.